The lowest BCUT2D eigenvalue weighted by molar-refractivity contribution is -0.125. The van der Waals surface area contributed by atoms with E-state index < -0.39 is 6.09 Å². The van der Waals surface area contributed by atoms with Gasteiger partial charge in [0.2, 0.25) is 0 Å². The Balaban J connectivity index is 2.66. The molecule has 0 unspecified atom stereocenters. The van der Waals surface area contributed by atoms with Crippen molar-refractivity contribution in [2.24, 2.45) is 0 Å². The van der Waals surface area contributed by atoms with Crippen LogP contribution in [0.15, 0.2) is 0 Å². The van der Waals surface area contributed by atoms with Gasteiger partial charge in [-0.1, -0.05) is 0 Å². The van der Waals surface area contributed by atoms with Crippen molar-refractivity contribution in [1.29, 1.82) is 0 Å². The van der Waals surface area contributed by atoms with Crippen LogP contribution in [0.1, 0.15) is 0 Å². The minimum Gasteiger partial charge on any atom is -0.439 e. The molecule has 0 aliphatic carbocycles. The molecule has 0 aromatic rings. The molecule has 1 aliphatic rings. The molecular weight excluding hydrogens is 146 g/mol. The van der Waals surface area contributed by atoms with Crippen molar-refractivity contribution < 1.29 is 14.3 Å². The first-order valence-electron chi connectivity index (χ1n) is 2.29. The number of alkyl halides is 1. The molecular formula is C4H4ClNO3. The molecule has 1 saturated heterocycles. The number of imide groups is 1. The Morgan fingerprint density at radius 3 is 2.56 bits per heavy atom. The van der Waals surface area contributed by atoms with E-state index in [1.54, 1.807) is 0 Å². The zero-order valence-electron chi connectivity index (χ0n) is 4.46. The fraction of sp³-hybridized carbons (Fsp3) is 0.500. The summed E-state index contributed by atoms with van der Waals surface area (Å²) in [5.41, 5.74) is 0. The molecule has 0 radical (unpaired) electrons. The van der Waals surface area contributed by atoms with Gasteiger partial charge in [0.1, 0.15) is 6.00 Å². The number of carbonyl (C=O) groups excluding carboxylic acids is 2. The Morgan fingerprint density at radius 1 is 1.67 bits per heavy atom. The largest absolute Gasteiger partial charge is 0.439 e. The van der Waals surface area contributed by atoms with Gasteiger partial charge < -0.3 is 4.74 Å². The van der Waals surface area contributed by atoms with Crippen molar-refractivity contribution in [1.82, 2.24) is 4.90 Å². The van der Waals surface area contributed by atoms with Gasteiger partial charge in [-0.2, -0.15) is 0 Å². The monoisotopic (exact) mass is 149 g/mol. The number of hydrogen-bond donors (Lipinski definition) is 0. The molecule has 2 amide bonds. The standard InChI is InChI=1S/C4H4ClNO3/c5-2-6-3(7)1-9-4(6)8/h1-2H2. The summed E-state index contributed by atoms with van der Waals surface area (Å²) < 4.78 is 4.32. The van der Waals surface area contributed by atoms with Crippen LogP contribution < -0.4 is 0 Å². The Hall–Kier alpha value is -0.770. The second-order valence-electron chi connectivity index (χ2n) is 1.50. The maximum atomic E-state index is 10.5. The molecule has 0 aromatic heterocycles. The average Bonchev–Trinajstić information content (AvgIpc) is 2.12. The number of hydrogen-bond acceptors (Lipinski definition) is 3. The van der Waals surface area contributed by atoms with Crippen LogP contribution in [0.2, 0.25) is 0 Å². The summed E-state index contributed by atoms with van der Waals surface area (Å²) >= 11 is 5.20. The van der Waals surface area contributed by atoms with Gasteiger partial charge in [-0.05, 0) is 0 Å². The van der Waals surface area contributed by atoms with Crippen LogP contribution in [-0.2, 0) is 9.53 Å². The Labute approximate surface area is 56.3 Å². The van der Waals surface area contributed by atoms with E-state index in [0.717, 1.165) is 4.90 Å². The van der Waals surface area contributed by atoms with Gasteiger partial charge in [0.15, 0.2) is 6.61 Å². The van der Waals surface area contributed by atoms with Crippen molar-refractivity contribution >= 4 is 23.6 Å². The van der Waals surface area contributed by atoms with E-state index in [0.29, 0.717) is 0 Å². The average molecular weight is 150 g/mol. The van der Waals surface area contributed by atoms with E-state index in [1.165, 1.54) is 0 Å². The number of halogens is 1. The lowest BCUT2D eigenvalue weighted by Crippen LogP contribution is -2.27. The second kappa shape index (κ2) is 2.23. The van der Waals surface area contributed by atoms with Crippen molar-refractivity contribution in [2.75, 3.05) is 12.6 Å². The second-order valence-corrected chi connectivity index (χ2v) is 1.73. The van der Waals surface area contributed by atoms with E-state index in [1.807, 2.05) is 0 Å². The molecule has 0 bridgehead atoms. The molecule has 1 heterocycles. The molecule has 1 fully saturated rings. The number of ether oxygens (including phenoxy) is 1. The number of amides is 2. The zero-order chi connectivity index (χ0) is 6.85. The topological polar surface area (TPSA) is 46.6 Å². The quantitative estimate of drug-likeness (QED) is 0.394. The highest BCUT2D eigenvalue weighted by Gasteiger charge is 2.29. The van der Waals surface area contributed by atoms with E-state index in [4.69, 9.17) is 11.6 Å². The molecule has 0 spiro atoms. The number of rotatable bonds is 1. The summed E-state index contributed by atoms with van der Waals surface area (Å²) in [6, 6.07) is -0.127. The van der Waals surface area contributed by atoms with E-state index in [9.17, 15) is 9.59 Å². The fourth-order valence-electron chi connectivity index (χ4n) is 0.497. The van der Waals surface area contributed by atoms with Gasteiger partial charge in [0.25, 0.3) is 5.91 Å². The summed E-state index contributed by atoms with van der Waals surface area (Å²) in [4.78, 5) is 21.8. The fourth-order valence-corrected chi connectivity index (χ4v) is 0.727. The Morgan fingerprint density at radius 2 is 2.33 bits per heavy atom. The van der Waals surface area contributed by atoms with Crippen molar-refractivity contribution in [2.45, 2.75) is 0 Å². The van der Waals surface area contributed by atoms with Gasteiger partial charge in [0, 0.05) is 0 Å². The third-order valence-corrected chi connectivity index (χ3v) is 1.20. The minimum absolute atomic E-state index is 0.127. The van der Waals surface area contributed by atoms with Crippen LogP contribution in [-0.4, -0.2) is 29.5 Å². The minimum atomic E-state index is -0.657. The van der Waals surface area contributed by atoms with E-state index in [2.05, 4.69) is 4.74 Å². The molecule has 0 atom stereocenters. The molecule has 5 heteroatoms. The summed E-state index contributed by atoms with van der Waals surface area (Å²) in [7, 11) is 0. The maximum Gasteiger partial charge on any atom is 0.418 e. The highest BCUT2D eigenvalue weighted by atomic mass is 35.5. The lowest BCUT2D eigenvalue weighted by atomic mass is 10.6. The molecule has 4 nitrogen and oxygen atoms in total. The smallest absolute Gasteiger partial charge is 0.418 e. The first-order chi connectivity index (χ1) is 4.25. The summed E-state index contributed by atoms with van der Waals surface area (Å²) in [5.74, 6) is -0.380. The predicted octanol–water partition coefficient (Wildman–Crippen LogP) is 0.161. The van der Waals surface area contributed by atoms with Crippen molar-refractivity contribution in [3.8, 4) is 0 Å². The highest BCUT2D eigenvalue weighted by molar-refractivity contribution is 6.20. The summed E-state index contributed by atoms with van der Waals surface area (Å²) in [6.07, 6.45) is -0.657. The van der Waals surface area contributed by atoms with E-state index in [-0.39, 0.29) is 18.5 Å². The van der Waals surface area contributed by atoms with Gasteiger partial charge in [-0.15, -0.1) is 11.6 Å². The molecule has 1 rings (SSSR count). The number of cyclic esters (lactones) is 1. The molecule has 50 valence electrons. The highest BCUT2D eigenvalue weighted by Crippen LogP contribution is 2.04. The van der Waals surface area contributed by atoms with Crippen molar-refractivity contribution in [3.63, 3.8) is 0 Å². The Kier molecular flexibility index (Phi) is 1.57. The maximum absolute atomic E-state index is 10.5. The predicted molar refractivity (Wildman–Crippen MR) is 28.9 cm³/mol. The number of nitrogens with zero attached hydrogens (tertiary/aromatic N) is 1. The molecule has 0 aromatic carbocycles. The summed E-state index contributed by atoms with van der Waals surface area (Å²) in [6.45, 7) is -0.175. The van der Waals surface area contributed by atoms with Crippen LogP contribution in [0, 0.1) is 0 Å². The number of carbonyl (C=O) groups is 2. The first-order valence-corrected chi connectivity index (χ1v) is 2.82. The molecule has 1 aliphatic heterocycles. The van der Waals surface area contributed by atoms with Gasteiger partial charge in [-0.25, -0.2) is 9.69 Å². The molecule has 0 N–H and O–H groups in total. The lowest BCUT2D eigenvalue weighted by Gasteiger charge is -2.02. The van der Waals surface area contributed by atoms with Crippen LogP contribution in [0.5, 0.6) is 0 Å². The van der Waals surface area contributed by atoms with E-state index >= 15 is 0 Å². The Bertz CT molecular complexity index is 142. The van der Waals surface area contributed by atoms with Crippen LogP contribution in [0.3, 0.4) is 0 Å². The first kappa shape index (κ1) is 6.35. The van der Waals surface area contributed by atoms with Gasteiger partial charge in [-0.3, -0.25) is 4.79 Å². The van der Waals surface area contributed by atoms with Crippen LogP contribution in [0.4, 0.5) is 4.79 Å². The molecule has 0 saturated carbocycles. The SMILES string of the molecule is O=C1COC(=O)N1CCl. The zero-order valence-corrected chi connectivity index (χ0v) is 5.22. The third kappa shape index (κ3) is 0.977. The normalized spacial score (nSPS) is 18.6. The molecule has 9 heavy (non-hydrogen) atoms. The van der Waals surface area contributed by atoms with Gasteiger partial charge >= 0.3 is 6.09 Å². The third-order valence-electron chi connectivity index (χ3n) is 0.960. The van der Waals surface area contributed by atoms with Crippen LogP contribution in [0.25, 0.3) is 0 Å². The summed E-state index contributed by atoms with van der Waals surface area (Å²) in [5, 5.41) is 0. The van der Waals surface area contributed by atoms with Crippen LogP contribution >= 0.6 is 11.6 Å². The van der Waals surface area contributed by atoms with Gasteiger partial charge in [0.05, 0.1) is 0 Å². The van der Waals surface area contributed by atoms with Crippen molar-refractivity contribution in [3.05, 3.63) is 0 Å².